The Labute approximate surface area is 173 Å². The van der Waals surface area contributed by atoms with Crippen LogP contribution in [0.1, 0.15) is 49.2 Å². The summed E-state index contributed by atoms with van der Waals surface area (Å²) in [4.78, 5) is 39.8. The van der Waals surface area contributed by atoms with E-state index in [2.05, 4.69) is 5.32 Å². The van der Waals surface area contributed by atoms with Crippen LogP contribution in [0.25, 0.3) is 0 Å². The second kappa shape index (κ2) is 8.01. The van der Waals surface area contributed by atoms with E-state index < -0.39 is 0 Å². The fraction of sp³-hybridized carbons (Fsp3) is 0.174. The molecular weight excluding hydrogens is 384 g/mol. The second-order valence-electron chi connectivity index (χ2n) is 6.98. The topological polar surface area (TPSA) is 66.5 Å². The summed E-state index contributed by atoms with van der Waals surface area (Å²) in [6.07, 6.45) is 0.0548. The number of carbonyl (C=O) groups excluding carboxylic acids is 3. The van der Waals surface area contributed by atoms with Crippen molar-refractivity contribution in [2.75, 3.05) is 6.54 Å². The van der Waals surface area contributed by atoms with Crippen LogP contribution in [0.3, 0.4) is 0 Å². The number of fused-ring (bicyclic) bond motifs is 1. The van der Waals surface area contributed by atoms with Crippen molar-refractivity contribution in [1.82, 2.24) is 10.2 Å². The lowest BCUT2D eigenvalue weighted by Gasteiger charge is -2.19. The van der Waals surface area contributed by atoms with Gasteiger partial charge in [0.2, 0.25) is 5.91 Å². The molecular formula is C23H20N2O3S. The Hall–Kier alpha value is -3.25. The van der Waals surface area contributed by atoms with Gasteiger partial charge in [0.25, 0.3) is 11.8 Å². The standard InChI is InChI=1S/C23H20N2O3S/c1-15-8-10-16(11-9-15)21(19-7-4-14-29-19)24-20(26)12-13-25-22(27)17-5-2-3-6-18(17)23(25)28/h2-11,14,21H,12-13H2,1H3,(H,24,26)/t21-/m0/s1. The van der Waals surface area contributed by atoms with Gasteiger partial charge in [0, 0.05) is 17.8 Å². The summed E-state index contributed by atoms with van der Waals surface area (Å²) in [6.45, 7) is 2.08. The summed E-state index contributed by atoms with van der Waals surface area (Å²) < 4.78 is 0. The van der Waals surface area contributed by atoms with Crippen molar-refractivity contribution in [3.63, 3.8) is 0 Å². The van der Waals surface area contributed by atoms with Gasteiger partial charge in [0.1, 0.15) is 0 Å². The Morgan fingerprint density at radius 1 is 0.966 bits per heavy atom. The third-order valence-electron chi connectivity index (χ3n) is 4.98. The summed E-state index contributed by atoms with van der Waals surface area (Å²) in [6, 6.07) is 18.5. The number of nitrogens with zero attached hydrogens (tertiary/aromatic N) is 1. The second-order valence-corrected chi connectivity index (χ2v) is 7.96. The Bertz CT molecular complexity index is 1020. The Kier molecular flexibility index (Phi) is 5.27. The van der Waals surface area contributed by atoms with E-state index in [9.17, 15) is 14.4 Å². The fourth-order valence-corrected chi connectivity index (χ4v) is 4.22. The third-order valence-corrected chi connectivity index (χ3v) is 5.92. The van der Waals surface area contributed by atoms with Crippen molar-refractivity contribution >= 4 is 29.1 Å². The molecule has 1 N–H and O–H groups in total. The first-order valence-electron chi connectivity index (χ1n) is 9.39. The van der Waals surface area contributed by atoms with Gasteiger partial charge in [-0.25, -0.2) is 0 Å². The maximum atomic E-state index is 12.7. The summed E-state index contributed by atoms with van der Waals surface area (Å²) in [5.74, 6) is -0.890. The van der Waals surface area contributed by atoms with E-state index in [0.29, 0.717) is 11.1 Å². The highest BCUT2D eigenvalue weighted by Crippen LogP contribution is 2.27. The van der Waals surface area contributed by atoms with Gasteiger partial charge < -0.3 is 5.32 Å². The molecule has 3 amide bonds. The van der Waals surface area contributed by atoms with Crippen molar-refractivity contribution in [3.8, 4) is 0 Å². The quantitative estimate of drug-likeness (QED) is 0.633. The molecule has 0 unspecified atom stereocenters. The Morgan fingerprint density at radius 3 is 2.21 bits per heavy atom. The molecule has 0 spiro atoms. The number of carbonyl (C=O) groups is 3. The van der Waals surface area contributed by atoms with Crippen molar-refractivity contribution in [1.29, 1.82) is 0 Å². The van der Waals surface area contributed by atoms with Gasteiger partial charge in [-0.15, -0.1) is 11.3 Å². The minimum Gasteiger partial charge on any atom is -0.344 e. The molecule has 4 rings (SSSR count). The predicted molar refractivity (Wildman–Crippen MR) is 112 cm³/mol. The van der Waals surface area contributed by atoms with Crippen molar-refractivity contribution < 1.29 is 14.4 Å². The maximum absolute atomic E-state index is 12.7. The van der Waals surface area contributed by atoms with Crippen molar-refractivity contribution in [3.05, 3.63) is 93.2 Å². The number of hydrogen-bond donors (Lipinski definition) is 1. The van der Waals surface area contributed by atoms with E-state index in [1.807, 2.05) is 48.7 Å². The number of rotatable bonds is 6. The Morgan fingerprint density at radius 2 is 1.62 bits per heavy atom. The third kappa shape index (κ3) is 3.84. The van der Waals surface area contributed by atoms with Gasteiger partial charge >= 0.3 is 0 Å². The minimum atomic E-state index is -0.341. The van der Waals surface area contributed by atoms with Crippen molar-refractivity contribution in [2.45, 2.75) is 19.4 Å². The van der Waals surface area contributed by atoms with Gasteiger partial charge in [-0.05, 0) is 36.1 Å². The zero-order valence-corrected chi connectivity index (χ0v) is 16.7. The lowest BCUT2D eigenvalue weighted by molar-refractivity contribution is -0.121. The van der Waals surface area contributed by atoms with E-state index in [-0.39, 0.29) is 36.7 Å². The number of aryl methyl sites for hydroxylation is 1. The summed E-state index contributed by atoms with van der Waals surface area (Å²) in [5, 5.41) is 5.03. The van der Waals surface area contributed by atoms with Gasteiger partial charge in [0.05, 0.1) is 17.2 Å². The summed E-state index contributed by atoms with van der Waals surface area (Å²) in [7, 11) is 0. The van der Waals surface area contributed by atoms with Crippen LogP contribution >= 0.6 is 11.3 Å². The highest BCUT2D eigenvalue weighted by Gasteiger charge is 2.35. The van der Waals surface area contributed by atoms with E-state index >= 15 is 0 Å². The first-order valence-corrected chi connectivity index (χ1v) is 10.3. The number of benzene rings is 2. The first-order chi connectivity index (χ1) is 14.0. The van der Waals surface area contributed by atoms with Crippen LogP contribution < -0.4 is 5.32 Å². The summed E-state index contributed by atoms with van der Waals surface area (Å²) in [5.41, 5.74) is 2.94. The molecule has 2 heterocycles. The van der Waals surface area contributed by atoms with Gasteiger partial charge in [-0.1, -0.05) is 48.0 Å². The van der Waals surface area contributed by atoms with Crippen LogP contribution in [0.4, 0.5) is 0 Å². The zero-order chi connectivity index (χ0) is 20.4. The average molecular weight is 404 g/mol. The molecule has 2 aromatic carbocycles. The molecule has 1 aromatic heterocycles. The molecule has 0 aliphatic carbocycles. The smallest absolute Gasteiger partial charge is 0.261 e. The molecule has 1 atom stereocenters. The molecule has 0 saturated heterocycles. The zero-order valence-electron chi connectivity index (χ0n) is 15.9. The van der Waals surface area contributed by atoms with Gasteiger partial charge in [-0.2, -0.15) is 0 Å². The number of amides is 3. The molecule has 0 bridgehead atoms. The van der Waals surface area contributed by atoms with E-state index in [0.717, 1.165) is 20.9 Å². The fourth-order valence-electron chi connectivity index (χ4n) is 3.42. The van der Waals surface area contributed by atoms with E-state index in [4.69, 9.17) is 0 Å². The molecule has 3 aromatic rings. The maximum Gasteiger partial charge on any atom is 0.261 e. The molecule has 146 valence electrons. The summed E-state index contributed by atoms with van der Waals surface area (Å²) >= 11 is 1.57. The number of hydrogen-bond acceptors (Lipinski definition) is 4. The molecule has 1 aliphatic heterocycles. The molecule has 1 aliphatic rings. The predicted octanol–water partition coefficient (Wildman–Crippen LogP) is 3.95. The highest BCUT2D eigenvalue weighted by molar-refractivity contribution is 7.10. The molecule has 29 heavy (non-hydrogen) atoms. The lowest BCUT2D eigenvalue weighted by Crippen LogP contribution is -2.35. The highest BCUT2D eigenvalue weighted by atomic mass is 32.1. The monoisotopic (exact) mass is 404 g/mol. The number of nitrogens with one attached hydrogen (secondary N) is 1. The van der Waals surface area contributed by atoms with Crippen LogP contribution in [0, 0.1) is 6.92 Å². The molecule has 5 nitrogen and oxygen atoms in total. The van der Waals surface area contributed by atoms with Gasteiger partial charge in [-0.3, -0.25) is 19.3 Å². The minimum absolute atomic E-state index is 0.0548. The van der Waals surface area contributed by atoms with E-state index in [1.165, 1.54) is 0 Å². The molecule has 0 fully saturated rings. The lowest BCUT2D eigenvalue weighted by atomic mass is 10.0. The van der Waals surface area contributed by atoms with Crippen LogP contribution in [0.5, 0.6) is 0 Å². The number of imide groups is 1. The first kappa shape index (κ1) is 19.1. The molecule has 0 saturated carbocycles. The average Bonchev–Trinajstić information content (AvgIpc) is 3.34. The van der Waals surface area contributed by atoms with Crippen LogP contribution in [-0.4, -0.2) is 29.2 Å². The largest absolute Gasteiger partial charge is 0.344 e. The van der Waals surface area contributed by atoms with Gasteiger partial charge in [0.15, 0.2) is 0 Å². The van der Waals surface area contributed by atoms with Crippen LogP contribution in [0.15, 0.2) is 66.0 Å². The van der Waals surface area contributed by atoms with Crippen LogP contribution in [-0.2, 0) is 4.79 Å². The van der Waals surface area contributed by atoms with Crippen molar-refractivity contribution in [2.24, 2.45) is 0 Å². The number of thiophene rings is 1. The Balaban J connectivity index is 1.45. The molecule has 6 heteroatoms. The van der Waals surface area contributed by atoms with Crippen LogP contribution in [0.2, 0.25) is 0 Å². The molecule has 0 radical (unpaired) electrons. The normalized spacial score (nSPS) is 14.0. The SMILES string of the molecule is Cc1ccc([C@H](NC(=O)CCN2C(=O)c3ccccc3C2=O)c2cccs2)cc1. The van der Waals surface area contributed by atoms with E-state index in [1.54, 1.807) is 35.6 Å².